The number of aromatic amines is 1. The number of hydrogen-bond acceptors (Lipinski definition) is 7. The van der Waals surface area contributed by atoms with E-state index in [4.69, 9.17) is 4.74 Å². The van der Waals surface area contributed by atoms with Gasteiger partial charge in [0.1, 0.15) is 17.8 Å². The number of morpholine rings is 1. The maximum Gasteiger partial charge on any atom is 0.319 e. The lowest BCUT2D eigenvalue weighted by Gasteiger charge is -2.47. The van der Waals surface area contributed by atoms with Gasteiger partial charge in [0.25, 0.3) is 0 Å². The van der Waals surface area contributed by atoms with Crippen molar-refractivity contribution in [3.63, 3.8) is 0 Å². The van der Waals surface area contributed by atoms with E-state index in [1.807, 2.05) is 24.3 Å². The standard InChI is InChI=1S/C28H34N8O3/c1-2-25(37)36-16-22(17-36)35-9-3-4-21(15-35)32-28(38)31-20-7-5-19(6-8-20)24-14-23-26(33-24)29-18-30-27(23)34-10-12-39-13-11-34/h2,5-8,14,18,21-22H,1,3-4,9-13,15-17H2,(H,29,30,33)(H2,31,32,38). The van der Waals surface area contributed by atoms with Gasteiger partial charge in [-0.25, -0.2) is 14.8 Å². The number of ether oxygens (including phenoxy) is 1. The second-order valence-electron chi connectivity index (χ2n) is 10.4. The van der Waals surface area contributed by atoms with Gasteiger partial charge in [-0.3, -0.25) is 9.69 Å². The van der Waals surface area contributed by atoms with Crippen molar-refractivity contribution < 1.29 is 14.3 Å². The normalized spacial score (nSPS) is 20.5. The number of rotatable bonds is 6. The Hall–Kier alpha value is -3.96. The molecule has 0 saturated carbocycles. The van der Waals surface area contributed by atoms with Gasteiger partial charge >= 0.3 is 6.03 Å². The molecule has 204 valence electrons. The molecule has 1 atom stereocenters. The number of hydrogen-bond donors (Lipinski definition) is 3. The smallest absolute Gasteiger partial charge is 0.319 e. The van der Waals surface area contributed by atoms with Crippen molar-refractivity contribution in [2.45, 2.75) is 24.9 Å². The van der Waals surface area contributed by atoms with Crippen LogP contribution in [-0.2, 0) is 9.53 Å². The van der Waals surface area contributed by atoms with Gasteiger partial charge < -0.3 is 30.2 Å². The number of likely N-dealkylation sites (tertiary alicyclic amines) is 2. The highest BCUT2D eigenvalue weighted by atomic mass is 16.5. The molecule has 1 unspecified atom stereocenters. The van der Waals surface area contributed by atoms with Gasteiger partial charge in [-0.1, -0.05) is 18.7 Å². The van der Waals surface area contributed by atoms with Crippen LogP contribution in [0.3, 0.4) is 0 Å². The third-order valence-electron chi connectivity index (χ3n) is 7.82. The van der Waals surface area contributed by atoms with E-state index < -0.39 is 0 Å². The molecule has 1 aromatic carbocycles. The zero-order chi connectivity index (χ0) is 26.8. The first-order chi connectivity index (χ1) is 19.1. The number of nitrogens with zero attached hydrogens (tertiary/aromatic N) is 5. The largest absolute Gasteiger partial charge is 0.378 e. The zero-order valence-electron chi connectivity index (χ0n) is 21.9. The van der Waals surface area contributed by atoms with Crippen LogP contribution < -0.4 is 15.5 Å². The second-order valence-corrected chi connectivity index (χ2v) is 10.4. The molecular weight excluding hydrogens is 496 g/mol. The molecule has 3 aromatic rings. The fraction of sp³-hybridized carbons (Fsp3) is 0.429. The van der Waals surface area contributed by atoms with Crippen LogP contribution in [0.25, 0.3) is 22.3 Å². The van der Waals surface area contributed by atoms with Gasteiger partial charge in [0.05, 0.1) is 18.6 Å². The first-order valence-electron chi connectivity index (χ1n) is 13.6. The van der Waals surface area contributed by atoms with E-state index in [0.29, 0.717) is 19.3 Å². The summed E-state index contributed by atoms with van der Waals surface area (Å²) in [7, 11) is 0. The van der Waals surface area contributed by atoms with Crippen LogP contribution in [0, 0.1) is 0 Å². The van der Waals surface area contributed by atoms with E-state index in [-0.39, 0.29) is 18.0 Å². The van der Waals surface area contributed by atoms with E-state index in [2.05, 4.69) is 48.0 Å². The summed E-state index contributed by atoms with van der Waals surface area (Å²) in [5.74, 6) is 0.904. The van der Waals surface area contributed by atoms with Crippen LogP contribution in [0.15, 0.2) is 49.3 Å². The molecule has 0 radical (unpaired) electrons. The summed E-state index contributed by atoms with van der Waals surface area (Å²) in [4.78, 5) is 43.2. The fourth-order valence-electron chi connectivity index (χ4n) is 5.65. The molecule has 0 aliphatic carbocycles. The van der Waals surface area contributed by atoms with Crippen molar-refractivity contribution in [2.75, 3.05) is 62.7 Å². The van der Waals surface area contributed by atoms with Crippen LogP contribution in [-0.4, -0.2) is 101 Å². The van der Waals surface area contributed by atoms with Gasteiger partial charge in [-0.05, 0) is 49.2 Å². The van der Waals surface area contributed by atoms with E-state index in [9.17, 15) is 9.59 Å². The van der Waals surface area contributed by atoms with Crippen LogP contribution >= 0.6 is 0 Å². The highest BCUT2D eigenvalue weighted by Gasteiger charge is 2.36. The van der Waals surface area contributed by atoms with Gasteiger partial charge in [0.15, 0.2) is 0 Å². The summed E-state index contributed by atoms with van der Waals surface area (Å²) in [5.41, 5.74) is 3.47. The minimum absolute atomic E-state index is 0.0146. The summed E-state index contributed by atoms with van der Waals surface area (Å²) in [6, 6.07) is 10.1. The van der Waals surface area contributed by atoms with Crippen molar-refractivity contribution in [1.29, 1.82) is 0 Å². The first kappa shape index (κ1) is 25.3. The van der Waals surface area contributed by atoms with Crippen molar-refractivity contribution in [3.05, 3.63) is 49.3 Å². The summed E-state index contributed by atoms with van der Waals surface area (Å²) < 4.78 is 5.48. The first-order valence-corrected chi connectivity index (χ1v) is 13.6. The Morgan fingerprint density at radius 3 is 2.64 bits per heavy atom. The number of carbonyl (C=O) groups is 2. The predicted octanol–water partition coefficient (Wildman–Crippen LogP) is 2.44. The number of H-pyrrole nitrogens is 1. The maximum atomic E-state index is 12.7. The monoisotopic (exact) mass is 530 g/mol. The number of carbonyl (C=O) groups excluding carboxylic acids is 2. The predicted molar refractivity (Wildman–Crippen MR) is 150 cm³/mol. The molecule has 3 saturated heterocycles. The highest BCUT2D eigenvalue weighted by Crippen LogP contribution is 2.29. The Morgan fingerprint density at radius 1 is 1.08 bits per heavy atom. The molecule has 6 rings (SSSR count). The Balaban J connectivity index is 1.05. The molecule has 39 heavy (non-hydrogen) atoms. The molecule has 5 heterocycles. The SMILES string of the molecule is C=CC(=O)N1CC(N2CCCC(NC(=O)Nc3ccc(-c4cc5c(N6CCOCC6)ncnc5[nH]4)cc3)C2)C1. The lowest BCUT2D eigenvalue weighted by atomic mass is 10.00. The third kappa shape index (κ3) is 5.45. The number of piperidine rings is 1. The van der Waals surface area contributed by atoms with Crippen LogP contribution in [0.4, 0.5) is 16.3 Å². The van der Waals surface area contributed by atoms with E-state index in [1.54, 1.807) is 11.2 Å². The molecule has 11 heteroatoms. The van der Waals surface area contributed by atoms with Crippen molar-refractivity contribution in [1.82, 2.24) is 30.1 Å². The summed E-state index contributed by atoms with van der Waals surface area (Å²) >= 11 is 0. The highest BCUT2D eigenvalue weighted by molar-refractivity contribution is 5.93. The molecule has 3 amide bonds. The second kappa shape index (κ2) is 11.0. The summed E-state index contributed by atoms with van der Waals surface area (Å²) in [6.07, 6.45) is 4.93. The minimum atomic E-state index is -0.206. The van der Waals surface area contributed by atoms with Crippen LogP contribution in [0.2, 0.25) is 0 Å². The van der Waals surface area contributed by atoms with E-state index >= 15 is 0 Å². The molecule has 0 bridgehead atoms. The van der Waals surface area contributed by atoms with Gasteiger partial charge in [-0.2, -0.15) is 0 Å². The zero-order valence-corrected chi connectivity index (χ0v) is 21.9. The summed E-state index contributed by atoms with van der Waals surface area (Å²) in [6.45, 7) is 9.82. The maximum absolute atomic E-state index is 12.7. The number of anilines is 2. The van der Waals surface area contributed by atoms with E-state index in [0.717, 1.165) is 85.9 Å². The number of nitrogens with one attached hydrogen (secondary N) is 3. The Morgan fingerprint density at radius 2 is 1.87 bits per heavy atom. The quantitative estimate of drug-likeness (QED) is 0.419. The molecule has 3 aliphatic rings. The fourth-order valence-corrected chi connectivity index (χ4v) is 5.65. The number of urea groups is 1. The van der Waals surface area contributed by atoms with Gasteiger partial charge in [-0.15, -0.1) is 0 Å². The lowest BCUT2D eigenvalue weighted by Crippen LogP contribution is -2.64. The molecule has 3 N–H and O–H groups in total. The molecule has 11 nitrogen and oxygen atoms in total. The third-order valence-corrected chi connectivity index (χ3v) is 7.82. The van der Waals surface area contributed by atoms with Gasteiger partial charge in [0, 0.05) is 56.2 Å². The van der Waals surface area contributed by atoms with Crippen LogP contribution in [0.1, 0.15) is 12.8 Å². The minimum Gasteiger partial charge on any atom is -0.378 e. The Bertz CT molecular complexity index is 1340. The number of benzene rings is 1. The molecule has 3 fully saturated rings. The number of aromatic nitrogens is 3. The van der Waals surface area contributed by atoms with Crippen molar-refractivity contribution in [3.8, 4) is 11.3 Å². The summed E-state index contributed by atoms with van der Waals surface area (Å²) in [5, 5.41) is 7.07. The average Bonchev–Trinajstić information content (AvgIpc) is 3.38. The lowest BCUT2D eigenvalue weighted by molar-refractivity contribution is -0.133. The Labute approximate surface area is 227 Å². The average molecular weight is 531 g/mol. The molecule has 2 aromatic heterocycles. The molecular formula is C28H34N8O3. The van der Waals surface area contributed by atoms with Crippen molar-refractivity contribution >= 4 is 34.5 Å². The molecule has 0 spiro atoms. The Kier molecular flexibility index (Phi) is 7.16. The number of fused-ring (bicyclic) bond motifs is 1. The van der Waals surface area contributed by atoms with Gasteiger partial charge in [0.2, 0.25) is 5.91 Å². The molecule has 3 aliphatic heterocycles. The van der Waals surface area contributed by atoms with Crippen molar-refractivity contribution in [2.24, 2.45) is 0 Å². The topological polar surface area (TPSA) is 119 Å². The van der Waals surface area contributed by atoms with Crippen LogP contribution in [0.5, 0.6) is 0 Å². The van der Waals surface area contributed by atoms with E-state index in [1.165, 1.54) is 6.08 Å². The number of amides is 3.